The molecule has 1 saturated heterocycles. The van der Waals surface area contributed by atoms with E-state index in [-0.39, 0.29) is 28.7 Å². The molecule has 202 valence electrons. The molecule has 1 aromatic carbocycles. The first-order valence-electron chi connectivity index (χ1n) is 10.4. The van der Waals surface area contributed by atoms with Crippen LogP contribution in [-0.2, 0) is 24.9 Å². The van der Waals surface area contributed by atoms with Crippen LogP contribution >= 0.6 is 26.8 Å². The fraction of sp³-hybridized carbons (Fsp3) is 0.389. The standard InChI is InChI=1S/C18H21ClFN5O10P2/c19-17-23-14(21-5-9-3-1-2-4-11(9)20)10-6-22-25(15(10)24-17)16-13(26)18(27,28)12(35-16)7-34-37(32,33)8-36(29,30)31/h1-4,6,12-13,16,26-28H,5,7-8H2,(H,32,33)(H,21,23,24)(H2,29,30,31)/t12-,13+,16-/m1/s1. The summed E-state index contributed by atoms with van der Waals surface area (Å²) in [7, 11) is -9.78. The van der Waals surface area contributed by atoms with Crippen LogP contribution in [0, 0.1) is 5.82 Å². The van der Waals surface area contributed by atoms with Gasteiger partial charge in [-0.2, -0.15) is 15.1 Å². The van der Waals surface area contributed by atoms with E-state index in [1.54, 1.807) is 12.1 Å². The third-order valence-electron chi connectivity index (χ3n) is 5.35. The first kappa shape index (κ1) is 28.0. The molecule has 37 heavy (non-hydrogen) atoms. The first-order valence-corrected chi connectivity index (χ1v) is 14.3. The maximum Gasteiger partial charge on any atom is 0.340 e. The lowest BCUT2D eigenvalue weighted by Crippen LogP contribution is -2.49. The number of aliphatic hydroxyl groups excluding tert-OH is 1. The molecule has 0 bridgehead atoms. The molecule has 15 nitrogen and oxygen atoms in total. The number of halogens is 2. The highest BCUT2D eigenvalue weighted by molar-refractivity contribution is 7.70. The molecule has 2 aromatic heterocycles. The Morgan fingerprint density at radius 2 is 1.92 bits per heavy atom. The van der Waals surface area contributed by atoms with Crippen molar-refractivity contribution in [1.29, 1.82) is 0 Å². The Morgan fingerprint density at radius 1 is 1.22 bits per heavy atom. The van der Waals surface area contributed by atoms with E-state index in [0.29, 0.717) is 5.56 Å². The van der Waals surface area contributed by atoms with Crippen LogP contribution in [-0.4, -0.2) is 80.3 Å². The van der Waals surface area contributed by atoms with Crippen LogP contribution in [0.2, 0.25) is 5.28 Å². The number of aliphatic hydroxyl groups is 3. The summed E-state index contributed by atoms with van der Waals surface area (Å²) in [5, 5.41) is 38.2. The summed E-state index contributed by atoms with van der Waals surface area (Å²) in [4.78, 5) is 35.5. The van der Waals surface area contributed by atoms with Crippen LogP contribution in [0.15, 0.2) is 30.5 Å². The number of benzene rings is 1. The van der Waals surface area contributed by atoms with Gasteiger partial charge in [-0.05, 0) is 17.7 Å². The van der Waals surface area contributed by atoms with E-state index in [4.69, 9.17) is 26.1 Å². The summed E-state index contributed by atoms with van der Waals surface area (Å²) >= 11 is 6.02. The summed E-state index contributed by atoms with van der Waals surface area (Å²) in [6.45, 7) is -1.01. The smallest absolute Gasteiger partial charge is 0.340 e. The summed E-state index contributed by atoms with van der Waals surface area (Å²) in [5.74, 6) is -4.85. The second kappa shape index (κ2) is 10.2. The Balaban J connectivity index is 1.57. The minimum absolute atomic E-state index is 0.0215. The topological polar surface area (TPSA) is 230 Å². The van der Waals surface area contributed by atoms with E-state index in [1.165, 1.54) is 18.3 Å². The zero-order chi connectivity index (χ0) is 27.2. The fourth-order valence-electron chi connectivity index (χ4n) is 3.60. The number of hydrogen-bond acceptors (Lipinski definition) is 11. The van der Waals surface area contributed by atoms with Crippen molar-refractivity contribution in [3.8, 4) is 0 Å². The van der Waals surface area contributed by atoms with Crippen LogP contribution in [0.25, 0.3) is 11.0 Å². The number of anilines is 1. The van der Waals surface area contributed by atoms with Crippen molar-refractivity contribution in [1.82, 2.24) is 19.7 Å². The minimum Gasteiger partial charge on any atom is -0.383 e. The molecule has 4 rings (SSSR count). The van der Waals surface area contributed by atoms with Crippen molar-refractivity contribution in [2.24, 2.45) is 0 Å². The molecule has 19 heteroatoms. The van der Waals surface area contributed by atoms with Crippen molar-refractivity contribution in [2.75, 3.05) is 17.8 Å². The Hall–Kier alpha value is -2.07. The summed E-state index contributed by atoms with van der Waals surface area (Å²) in [6.07, 6.45) is -4.30. The zero-order valence-electron chi connectivity index (χ0n) is 18.5. The molecular weight excluding hydrogens is 563 g/mol. The number of nitrogens with one attached hydrogen (secondary N) is 1. The van der Waals surface area contributed by atoms with E-state index in [1.807, 2.05) is 0 Å². The van der Waals surface area contributed by atoms with Crippen LogP contribution in [0.5, 0.6) is 0 Å². The van der Waals surface area contributed by atoms with Crippen LogP contribution in [0.3, 0.4) is 0 Å². The predicted molar refractivity (Wildman–Crippen MR) is 124 cm³/mol. The van der Waals surface area contributed by atoms with Gasteiger partial charge in [0.1, 0.15) is 17.7 Å². The third-order valence-corrected chi connectivity index (χ3v) is 8.97. The van der Waals surface area contributed by atoms with E-state index >= 15 is 0 Å². The summed E-state index contributed by atoms with van der Waals surface area (Å²) in [6, 6.07) is 6.03. The van der Waals surface area contributed by atoms with Crippen molar-refractivity contribution in [2.45, 2.75) is 30.8 Å². The molecule has 3 heterocycles. The van der Waals surface area contributed by atoms with Gasteiger partial charge in [0.25, 0.3) is 0 Å². The van der Waals surface area contributed by atoms with Crippen LogP contribution in [0.4, 0.5) is 10.2 Å². The molecule has 1 aliphatic heterocycles. The quantitative estimate of drug-likeness (QED) is 0.103. The SMILES string of the molecule is O=P(O)(O)CP(=O)(O)OC[C@H]1O[C@@H](n2ncc3c(NCc4ccccc4F)nc(Cl)nc32)[C@H](O)C1(O)O. The average molecular weight is 584 g/mol. The van der Waals surface area contributed by atoms with Crippen molar-refractivity contribution < 1.29 is 52.8 Å². The second-order valence-electron chi connectivity index (χ2n) is 8.10. The van der Waals surface area contributed by atoms with Gasteiger partial charge in [-0.1, -0.05) is 18.2 Å². The fourth-order valence-corrected chi connectivity index (χ4v) is 6.32. The highest BCUT2D eigenvalue weighted by Crippen LogP contribution is 2.55. The molecule has 1 unspecified atom stereocenters. The van der Waals surface area contributed by atoms with Crippen LogP contribution < -0.4 is 5.32 Å². The maximum absolute atomic E-state index is 14.0. The molecule has 0 saturated carbocycles. The maximum atomic E-state index is 14.0. The Kier molecular flexibility index (Phi) is 7.74. The molecule has 4 atom stereocenters. The van der Waals surface area contributed by atoms with E-state index < -0.39 is 57.7 Å². The van der Waals surface area contributed by atoms with Gasteiger partial charge in [0.05, 0.1) is 18.2 Å². The van der Waals surface area contributed by atoms with E-state index in [2.05, 4.69) is 24.9 Å². The van der Waals surface area contributed by atoms with Crippen molar-refractivity contribution in [3.05, 3.63) is 47.1 Å². The lowest BCUT2D eigenvalue weighted by Gasteiger charge is -2.25. The van der Waals surface area contributed by atoms with Gasteiger partial charge in [-0.15, -0.1) is 0 Å². The van der Waals surface area contributed by atoms with Gasteiger partial charge >= 0.3 is 15.2 Å². The Labute approximate surface area is 212 Å². The van der Waals surface area contributed by atoms with Gasteiger partial charge < -0.3 is 44.6 Å². The molecular formula is C18H21ClFN5O10P2. The number of nitrogens with zero attached hydrogens (tertiary/aromatic N) is 4. The highest BCUT2D eigenvalue weighted by atomic mass is 35.5. The van der Waals surface area contributed by atoms with Gasteiger partial charge in [0, 0.05) is 12.1 Å². The lowest BCUT2D eigenvalue weighted by atomic mass is 10.1. The van der Waals surface area contributed by atoms with Gasteiger partial charge in [-0.25, -0.2) is 9.07 Å². The van der Waals surface area contributed by atoms with E-state index in [0.717, 1.165) is 4.68 Å². The van der Waals surface area contributed by atoms with Gasteiger partial charge in [0.15, 0.2) is 23.9 Å². The number of fused-ring (bicyclic) bond motifs is 1. The number of hydrogen-bond donors (Lipinski definition) is 7. The predicted octanol–water partition coefficient (Wildman–Crippen LogP) is 0.507. The number of rotatable bonds is 9. The summed E-state index contributed by atoms with van der Waals surface area (Å²) in [5.41, 5.74) is 0.312. The van der Waals surface area contributed by atoms with E-state index in [9.17, 15) is 33.7 Å². The average Bonchev–Trinajstić information content (AvgIpc) is 3.28. The normalized spacial score (nSPS) is 23.3. The first-order chi connectivity index (χ1) is 17.2. The third kappa shape index (κ3) is 6.16. The highest BCUT2D eigenvalue weighted by Gasteiger charge is 2.56. The molecule has 0 amide bonds. The van der Waals surface area contributed by atoms with Crippen molar-refractivity contribution >= 4 is 43.6 Å². The zero-order valence-corrected chi connectivity index (χ0v) is 21.0. The molecule has 1 fully saturated rings. The molecule has 3 aromatic rings. The largest absolute Gasteiger partial charge is 0.383 e. The molecule has 0 radical (unpaired) electrons. The van der Waals surface area contributed by atoms with Crippen LogP contribution in [0.1, 0.15) is 11.8 Å². The molecule has 0 aliphatic carbocycles. The molecule has 7 N–H and O–H groups in total. The molecule has 0 spiro atoms. The Morgan fingerprint density at radius 3 is 2.59 bits per heavy atom. The lowest BCUT2D eigenvalue weighted by molar-refractivity contribution is -0.234. The van der Waals surface area contributed by atoms with Crippen molar-refractivity contribution in [3.63, 3.8) is 0 Å². The van der Waals surface area contributed by atoms with Gasteiger partial charge in [-0.3, -0.25) is 9.13 Å². The van der Waals surface area contributed by atoms with Gasteiger partial charge in [0.2, 0.25) is 11.1 Å². The monoisotopic (exact) mass is 583 g/mol. The number of ether oxygens (including phenoxy) is 1. The summed E-state index contributed by atoms with van der Waals surface area (Å²) < 4.78 is 47.9. The molecule has 1 aliphatic rings. The second-order valence-corrected chi connectivity index (χ2v) is 12.4. The minimum atomic E-state index is -4.93. The Bertz CT molecular complexity index is 1400. The number of aromatic nitrogens is 4.